The Labute approximate surface area is 129 Å². The summed E-state index contributed by atoms with van der Waals surface area (Å²) in [7, 11) is 1.66. The van der Waals surface area contributed by atoms with Gasteiger partial charge in [0.15, 0.2) is 0 Å². The largest absolute Gasteiger partial charge is 0.496 e. The molecule has 0 amide bonds. The Morgan fingerprint density at radius 3 is 2.63 bits per heavy atom. The number of rotatable bonds is 4. The molecule has 5 heteroatoms. The summed E-state index contributed by atoms with van der Waals surface area (Å²) in [6.07, 6.45) is 1.39. The third-order valence-electron chi connectivity index (χ3n) is 2.81. The number of halogens is 1. The van der Waals surface area contributed by atoms with Crippen LogP contribution in [0.5, 0.6) is 5.75 Å². The summed E-state index contributed by atoms with van der Waals surface area (Å²) in [5.41, 5.74) is 0.882. The number of aliphatic hydroxyl groups is 1. The number of methoxy groups -OCH3 is 1. The first kappa shape index (κ1) is 14.9. The number of thiophene rings is 1. The van der Waals surface area contributed by atoms with Crippen LogP contribution < -0.4 is 4.74 Å². The Bertz CT molecular complexity index is 581. The Balaban J connectivity index is 2.39. The molecular formula is C14H15BrO2S2. The zero-order valence-electron chi connectivity index (χ0n) is 10.9. The zero-order chi connectivity index (χ0) is 14.0. The van der Waals surface area contributed by atoms with E-state index in [1.54, 1.807) is 30.2 Å². The summed E-state index contributed by atoms with van der Waals surface area (Å²) in [5.74, 6) is 0.838. The number of hydrogen-bond donors (Lipinski definition) is 1. The molecule has 1 aromatic carbocycles. The van der Waals surface area contributed by atoms with Crippen molar-refractivity contribution in [1.82, 2.24) is 0 Å². The van der Waals surface area contributed by atoms with Crippen molar-refractivity contribution in [3.63, 3.8) is 0 Å². The first-order chi connectivity index (χ1) is 9.06. The van der Waals surface area contributed by atoms with E-state index < -0.39 is 6.10 Å². The van der Waals surface area contributed by atoms with Gasteiger partial charge in [0.2, 0.25) is 0 Å². The highest BCUT2D eigenvalue weighted by atomic mass is 79.9. The van der Waals surface area contributed by atoms with Crippen molar-refractivity contribution in [3.8, 4) is 5.75 Å². The van der Waals surface area contributed by atoms with Gasteiger partial charge in [0.1, 0.15) is 11.9 Å². The minimum atomic E-state index is -0.607. The average molecular weight is 359 g/mol. The van der Waals surface area contributed by atoms with Gasteiger partial charge in [0.25, 0.3) is 0 Å². The monoisotopic (exact) mass is 358 g/mol. The highest BCUT2D eigenvalue weighted by Gasteiger charge is 2.17. The highest BCUT2D eigenvalue weighted by molar-refractivity contribution is 9.10. The molecule has 0 aliphatic carbocycles. The lowest BCUT2D eigenvalue weighted by molar-refractivity contribution is 0.223. The van der Waals surface area contributed by atoms with Gasteiger partial charge >= 0.3 is 0 Å². The maximum atomic E-state index is 10.5. The fourth-order valence-electron chi connectivity index (χ4n) is 1.86. The summed E-state index contributed by atoms with van der Waals surface area (Å²) in [4.78, 5) is 3.15. The number of benzene rings is 1. The molecule has 0 aliphatic rings. The SMILES string of the molecule is COc1ccc(C(O)c2sc(C)cc2Br)cc1SC. The molecule has 0 saturated carbocycles. The number of thioether (sulfide) groups is 1. The standard InChI is InChI=1S/C14H15BrO2S2/c1-8-6-10(15)14(19-8)13(16)9-4-5-11(17-2)12(7-9)18-3/h4-7,13,16H,1-3H3. The van der Waals surface area contributed by atoms with Gasteiger partial charge in [-0.1, -0.05) is 6.07 Å². The van der Waals surface area contributed by atoms with Gasteiger partial charge < -0.3 is 9.84 Å². The molecule has 0 aliphatic heterocycles. The van der Waals surface area contributed by atoms with Crippen LogP contribution in [0.15, 0.2) is 33.6 Å². The Morgan fingerprint density at radius 1 is 1.37 bits per heavy atom. The van der Waals surface area contributed by atoms with Crippen LogP contribution in [-0.2, 0) is 0 Å². The predicted octanol–water partition coefficient (Wildman–Crippen LogP) is 4.63. The molecule has 2 aromatic rings. The van der Waals surface area contributed by atoms with E-state index in [1.165, 1.54) is 4.88 Å². The lowest BCUT2D eigenvalue weighted by Gasteiger charge is -2.13. The van der Waals surface area contributed by atoms with Crippen molar-refractivity contribution in [3.05, 3.63) is 44.1 Å². The number of hydrogen-bond acceptors (Lipinski definition) is 4. The molecule has 2 rings (SSSR count). The van der Waals surface area contributed by atoms with Crippen LogP contribution >= 0.6 is 39.0 Å². The third-order valence-corrected chi connectivity index (χ3v) is 5.59. The smallest absolute Gasteiger partial charge is 0.132 e. The highest BCUT2D eigenvalue weighted by Crippen LogP contribution is 2.38. The maximum absolute atomic E-state index is 10.5. The maximum Gasteiger partial charge on any atom is 0.132 e. The second-order valence-electron chi connectivity index (χ2n) is 4.09. The molecule has 1 unspecified atom stereocenters. The molecule has 102 valence electrons. The van der Waals surface area contributed by atoms with Gasteiger partial charge in [0.05, 0.1) is 12.0 Å². The summed E-state index contributed by atoms with van der Waals surface area (Å²) >= 11 is 6.72. The molecule has 0 saturated heterocycles. The van der Waals surface area contributed by atoms with Gasteiger partial charge in [-0.15, -0.1) is 23.1 Å². The van der Waals surface area contributed by atoms with Crippen LogP contribution in [0.4, 0.5) is 0 Å². The van der Waals surface area contributed by atoms with Gasteiger partial charge in [0, 0.05) is 14.2 Å². The topological polar surface area (TPSA) is 29.5 Å². The van der Waals surface area contributed by atoms with Crippen LogP contribution in [0.3, 0.4) is 0 Å². The normalized spacial score (nSPS) is 12.5. The Kier molecular flexibility index (Phi) is 4.95. The van der Waals surface area contributed by atoms with E-state index in [-0.39, 0.29) is 0 Å². The molecule has 0 bridgehead atoms. The van der Waals surface area contributed by atoms with E-state index in [9.17, 15) is 5.11 Å². The molecule has 2 nitrogen and oxygen atoms in total. The molecule has 1 N–H and O–H groups in total. The fourth-order valence-corrected chi connectivity index (χ4v) is 4.35. The van der Waals surface area contributed by atoms with Crippen LogP contribution in [0, 0.1) is 6.92 Å². The van der Waals surface area contributed by atoms with E-state index in [0.717, 1.165) is 25.6 Å². The molecule has 0 fully saturated rings. The van der Waals surface area contributed by atoms with Gasteiger partial charge in [-0.2, -0.15) is 0 Å². The first-order valence-corrected chi connectivity index (χ1v) is 8.56. The second-order valence-corrected chi connectivity index (χ2v) is 7.08. The quantitative estimate of drug-likeness (QED) is 0.807. The lowest BCUT2D eigenvalue weighted by atomic mass is 10.1. The zero-order valence-corrected chi connectivity index (χ0v) is 14.2. The first-order valence-electron chi connectivity index (χ1n) is 5.72. The van der Waals surface area contributed by atoms with E-state index in [2.05, 4.69) is 15.9 Å². The second kappa shape index (κ2) is 6.31. The van der Waals surface area contributed by atoms with Crippen molar-refractivity contribution in [2.24, 2.45) is 0 Å². The van der Waals surface area contributed by atoms with Crippen LogP contribution in [0.1, 0.15) is 21.4 Å². The van der Waals surface area contributed by atoms with Gasteiger partial charge in [-0.3, -0.25) is 0 Å². The molecule has 19 heavy (non-hydrogen) atoms. The van der Waals surface area contributed by atoms with Crippen molar-refractivity contribution in [1.29, 1.82) is 0 Å². The van der Waals surface area contributed by atoms with Crippen LogP contribution in [-0.4, -0.2) is 18.5 Å². The third kappa shape index (κ3) is 3.16. The van der Waals surface area contributed by atoms with Gasteiger partial charge in [-0.05, 0) is 52.9 Å². The Hall–Kier alpha value is -0.490. The fraction of sp³-hybridized carbons (Fsp3) is 0.286. The Morgan fingerprint density at radius 2 is 2.11 bits per heavy atom. The van der Waals surface area contributed by atoms with Crippen LogP contribution in [0.2, 0.25) is 0 Å². The molecule has 1 atom stereocenters. The minimum absolute atomic E-state index is 0.607. The molecular weight excluding hydrogens is 344 g/mol. The van der Waals surface area contributed by atoms with Crippen molar-refractivity contribution in [2.45, 2.75) is 17.9 Å². The summed E-state index contributed by atoms with van der Waals surface area (Å²) in [6.45, 7) is 2.03. The van der Waals surface area contributed by atoms with E-state index in [4.69, 9.17) is 4.74 Å². The van der Waals surface area contributed by atoms with Crippen LogP contribution in [0.25, 0.3) is 0 Å². The van der Waals surface area contributed by atoms with Crippen molar-refractivity contribution in [2.75, 3.05) is 13.4 Å². The molecule has 1 aromatic heterocycles. The summed E-state index contributed by atoms with van der Waals surface area (Å²) in [6, 6.07) is 7.82. The number of aryl methyl sites for hydroxylation is 1. The van der Waals surface area contributed by atoms with E-state index in [0.29, 0.717) is 0 Å². The summed E-state index contributed by atoms with van der Waals surface area (Å²) in [5, 5.41) is 10.5. The predicted molar refractivity (Wildman–Crippen MR) is 85.6 cm³/mol. The van der Waals surface area contributed by atoms with E-state index in [1.807, 2.05) is 37.4 Å². The number of ether oxygens (including phenoxy) is 1. The van der Waals surface area contributed by atoms with E-state index >= 15 is 0 Å². The van der Waals surface area contributed by atoms with Crippen molar-refractivity contribution >= 4 is 39.0 Å². The van der Waals surface area contributed by atoms with Gasteiger partial charge in [-0.25, -0.2) is 0 Å². The minimum Gasteiger partial charge on any atom is -0.496 e. The number of aliphatic hydroxyl groups excluding tert-OH is 1. The van der Waals surface area contributed by atoms with Crippen molar-refractivity contribution < 1.29 is 9.84 Å². The average Bonchev–Trinajstić information content (AvgIpc) is 2.76. The summed E-state index contributed by atoms with van der Waals surface area (Å²) < 4.78 is 6.26. The molecule has 1 heterocycles. The molecule has 0 radical (unpaired) electrons. The molecule has 0 spiro atoms. The lowest BCUT2D eigenvalue weighted by Crippen LogP contribution is -1.99.